The van der Waals surface area contributed by atoms with E-state index in [0.717, 1.165) is 17.0 Å². The Morgan fingerprint density at radius 3 is 2.87 bits per heavy atom. The molecule has 0 atom stereocenters. The molecular formula is C10H14N4O. The zero-order chi connectivity index (χ0) is 11.0. The van der Waals surface area contributed by atoms with Crippen LogP contribution in [0.25, 0.3) is 5.65 Å². The SMILES string of the molecule is Cc1cc2n(C)c(CCN)cc(=O)n2n1. The van der Waals surface area contributed by atoms with Crippen molar-refractivity contribution in [1.82, 2.24) is 14.2 Å². The Kier molecular flexibility index (Phi) is 2.32. The van der Waals surface area contributed by atoms with Gasteiger partial charge in [0.1, 0.15) is 5.65 Å². The molecule has 15 heavy (non-hydrogen) atoms. The molecule has 0 aliphatic carbocycles. The van der Waals surface area contributed by atoms with Crippen LogP contribution in [0.1, 0.15) is 11.4 Å². The summed E-state index contributed by atoms with van der Waals surface area (Å²) in [6.45, 7) is 2.41. The van der Waals surface area contributed by atoms with Crippen molar-refractivity contribution in [3.05, 3.63) is 33.9 Å². The van der Waals surface area contributed by atoms with Gasteiger partial charge in [-0.2, -0.15) is 9.61 Å². The van der Waals surface area contributed by atoms with Crippen LogP contribution in [0.2, 0.25) is 0 Å². The summed E-state index contributed by atoms with van der Waals surface area (Å²) in [5, 5.41) is 4.13. The molecule has 2 heterocycles. The van der Waals surface area contributed by atoms with Gasteiger partial charge in [-0.05, 0) is 13.5 Å². The molecule has 0 fully saturated rings. The van der Waals surface area contributed by atoms with Crippen molar-refractivity contribution in [2.45, 2.75) is 13.3 Å². The highest BCUT2D eigenvalue weighted by molar-refractivity contribution is 5.41. The van der Waals surface area contributed by atoms with E-state index in [1.807, 2.05) is 24.6 Å². The quantitative estimate of drug-likeness (QED) is 0.742. The Balaban J connectivity index is 2.77. The van der Waals surface area contributed by atoms with E-state index in [2.05, 4.69) is 5.10 Å². The van der Waals surface area contributed by atoms with Crippen molar-refractivity contribution in [1.29, 1.82) is 0 Å². The molecule has 2 rings (SSSR count). The van der Waals surface area contributed by atoms with Crippen LogP contribution in [0.15, 0.2) is 16.9 Å². The van der Waals surface area contributed by atoms with Gasteiger partial charge in [0.25, 0.3) is 5.56 Å². The average molecular weight is 206 g/mol. The maximum Gasteiger partial charge on any atom is 0.274 e. The normalized spacial score (nSPS) is 11.1. The third kappa shape index (κ3) is 1.55. The van der Waals surface area contributed by atoms with Gasteiger partial charge < -0.3 is 10.3 Å². The molecule has 5 heteroatoms. The van der Waals surface area contributed by atoms with Gasteiger partial charge in [0.05, 0.1) is 5.69 Å². The van der Waals surface area contributed by atoms with Crippen LogP contribution < -0.4 is 11.3 Å². The fourth-order valence-corrected chi connectivity index (χ4v) is 1.72. The Labute approximate surface area is 87.1 Å². The minimum atomic E-state index is -0.0975. The van der Waals surface area contributed by atoms with E-state index in [1.165, 1.54) is 4.52 Å². The van der Waals surface area contributed by atoms with Crippen molar-refractivity contribution in [2.75, 3.05) is 6.54 Å². The van der Waals surface area contributed by atoms with Crippen LogP contribution in [0.3, 0.4) is 0 Å². The van der Waals surface area contributed by atoms with Gasteiger partial charge in [-0.25, -0.2) is 0 Å². The van der Waals surface area contributed by atoms with E-state index < -0.39 is 0 Å². The predicted molar refractivity (Wildman–Crippen MR) is 57.9 cm³/mol. The highest BCUT2D eigenvalue weighted by Gasteiger charge is 2.07. The highest BCUT2D eigenvalue weighted by Crippen LogP contribution is 2.05. The number of rotatable bonds is 2. The predicted octanol–water partition coefficient (Wildman–Crippen LogP) is -0.157. The van der Waals surface area contributed by atoms with Crippen LogP contribution in [-0.2, 0) is 13.5 Å². The summed E-state index contributed by atoms with van der Waals surface area (Å²) in [5.41, 5.74) is 7.98. The minimum absolute atomic E-state index is 0.0975. The number of aryl methyl sites for hydroxylation is 2. The Morgan fingerprint density at radius 1 is 1.47 bits per heavy atom. The lowest BCUT2D eigenvalue weighted by Crippen LogP contribution is -2.21. The molecule has 0 aliphatic rings. The maximum absolute atomic E-state index is 11.7. The van der Waals surface area contributed by atoms with Crippen molar-refractivity contribution in [2.24, 2.45) is 12.8 Å². The molecule has 0 aromatic carbocycles. The summed E-state index contributed by atoms with van der Waals surface area (Å²) in [6, 6.07) is 3.48. The highest BCUT2D eigenvalue weighted by atomic mass is 16.1. The molecular weight excluding hydrogens is 192 g/mol. The maximum atomic E-state index is 11.7. The number of fused-ring (bicyclic) bond motifs is 1. The second-order valence-corrected chi connectivity index (χ2v) is 3.63. The average Bonchev–Trinajstić information content (AvgIpc) is 2.57. The molecule has 80 valence electrons. The number of nitrogens with two attached hydrogens (primary N) is 1. The number of hydrogen-bond donors (Lipinski definition) is 1. The second kappa shape index (κ2) is 3.51. The second-order valence-electron chi connectivity index (χ2n) is 3.63. The molecule has 0 spiro atoms. The fourth-order valence-electron chi connectivity index (χ4n) is 1.72. The molecule has 2 N–H and O–H groups in total. The molecule has 0 saturated carbocycles. The molecule has 0 radical (unpaired) electrons. The summed E-state index contributed by atoms with van der Waals surface area (Å²) in [6.07, 6.45) is 0.701. The molecule has 0 saturated heterocycles. The van der Waals surface area contributed by atoms with E-state index >= 15 is 0 Å². The van der Waals surface area contributed by atoms with Crippen molar-refractivity contribution in [3.8, 4) is 0 Å². The van der Waals surface area contributed by atoms with E-state index in [9.17, 15) is 4.79 Å². The summed E-state index contributed by atoms with van der Waals surface area (Å²) in [4.78, 5) is 11.7. The summed E-state index contributed by atoms with van der Waals surface area (Å²) in [5.74, 6) is 0. The summed E-state index contributed by atoms with van der Waals surface area (Å²) in [7, 11) is 1.92. The number of aromatic nitrogens is 3. The van der Waals surface area contributed by atoms with E-state index in [0.29, 0.717) is 13.0 Å². The van der Waals surface area contributed by atoms with Crippen LogP contribution in [0.5, 0.6) is 0 Å². The molecule has 5 nitrogen and oxygen atoms in total. The smallest absolute Gasteiger partial charge is 0.274 e. The third-order valence-electron chi connectivity index (χ3n) is 2.49. The van der Waals surface area contributed by atoms with Gasteiger partial charge in [-0.1, -0.05) is 0 Å². The third-order valence-corrected chi connectivity index (χ3v) is 2.49. The number of hydrogen-bond acceptors (Lipinski definition) is 3. The Hall–Kier alpha value is -1.62. The topological polar surface area (TPSA) is 65.3 Å². The van der Waals surface area contributed by atoms with Crippen LogP contribution in [0.4, 0.5) is 0 Å². The zero-order valence-corrected chi connectivity index (χ0v) is 8.90. The van der Waals surface area contributed by atoms with Gasteiger partial charge in [0.15, 0.2) is 0 Å². The van der Waals surface area contributed by atoms with Crippen molar-refractivity contribution < 1.29 is 0 Å². The first-order valence-electron chi connectivity index (χ1n) is 4.89. The van der Waals surface area contributed by atoms with Crippen molar-refractivity contribution >= 4 is 5.65 Å². The van der Waals surface area contributed by atoms with Gasteiger partial charge in [-0.3, -0.25) is 4.79 Å². The largest absolute Gasteiger partial charge is 0.333 e. The van der Waals surface area contributed by atoms with Crippen LogP contribution in [-0.4, -0.2) is 20.7 Å². The van der Waals surface area contributed by atoms with Crippen LogP contribution in [0, 0.1) is 6.92 Å². The lowest BCUT2D eigenvalue weighted by atomic mass is 10.3. The van der Waals surface area contributed by atoms with Gasteiger partial charge >= 0.3 is 0 Å². The van der Waals surface area contributed by atoms with Crippen molar-refractivity contribution in [3.63, 3.8) is 0 Å². The van der Waals surface area contributed by atoms with Gasteiger partial charge in [-0.15, -0.1) is 0 Å². The van der Waals surface area contributed by atoms with Crippen LogP contribution >= 0.6 is 0 Å². The first-order chi connectivity index (χ1) is 7.13. The van der Waals surface area contributed by atoms with E-state index in [1.54, 1.807) is 6.07 Å². The molecule has 0 unspecified atom stereocenters. The molecule has 0 amide bonds. The lowest BCUT2D eigenvalue weighted by Gasteiger charge is -2.08. The Morgan fingerprint density at radius 2 is 2.20 bits per heavy atom. The minimum Gasteiger partial charge on any atom is -0.333 e. The standard InChI is InChI=1S/C10H14N4O/c1-7-5-9-13(2)8(3-4-11)6-10(15)14(9)12-7/h5-6H,3-4,11H2,1-2H3. The first-order valence-corrected chi connectivity index (χ1v) is 4.89. The monoisotopic (exact) mass is 206 g/mol. The fraction of sp³-hybridized carbons (Fsp3) is 0.400. The lowest BCUT2D eigenvalue weighted by molar-refractivity contribution is 0.754. The van der Waals surface area contributed by atoms with E-state index in [4.69, 9.17) is 5.73 Å². The van der Waals surface area contributed by atoms with E-state index in [-0.39, 0.29) is 5.56 Å². The molecule has 0 aliphatic heterocycles. The summed E-state index contributed by atoms with van der Waals surface area (Å²) < 4.78 is 3.36. The van der Waals surface area contributed by atoms with Gasteiger partial charge in [0.2, 0.25) is 0 Å². The molecule has 2 aromatic heterocycles. The molecule has 0 bridgehead atoms. The van der Waals surface area contributed by atoms with Gasteiger partial charge in [0, 0.05) is 31.3 Å². The Bertz CT molecular complexity index is 552. The first kappa shape index (κ1) is 9.92. The molecule has 2 aromatic rings. The number of nitrogens with zero attached hydrogens (tertiary/aromatic N) is 3. The zero-order valence-electron chi connectivity index (χ0n) is 8.90. The summed E-state index contributed by atoms with van der Waals surface area (Å²) >= 11 is 0.